The average molecular weight is 280 g/mol. The van der Waals surface area contributed by atoms with Gasteiger partial charge < -0.3 is 10.1 Å². The zero-order chi connectivity index (χ0) is 14.5. The number of nitrogens with zero attached hydrogens (tertiary/aromatic N) is 3. The number of para-hydroxylation sites is 1. The number of nitrogens with one attached hydrogen (secondary N) is 1. The van der Waals surface area contributed by atoms with E-state index in [9.17, 15) is 0 Å². The number of hydrogen-bond donors (Lipinski definition) is 1. The highest BCUT2D eigenvalue weighted by atomic mass is 16.5. The second kappa shape index (κ2) is 6.28. The number of hydrogen-bond acceptors (Lipinski definition) is 5. The van der Waals surface area contributed by atoms with Crippen molar-refractivity contribution < 1.29 is 4.74 Å². The van der Waals surface area contributed by atoms with Crippen molar-refractivity contribution in [2.75, 3.05) is 7.11 Å². The fourth-order valence-corrected chi connectivity index (χ4v) is 2.17. The van der Waals surface area contributed by atoms with Gasteiger partial charge in [0.2, 0.25) is 0 Å². The van der Waals surface area contributed by atoms with Crippen LogP contribution in [-0.2, 0) is 13.1 Å². The van der Waals surface area contributed by atoms with E-state index in [2.05, 4.69) is 26.6 Å². The van der Waals surface area contributed by atoms with Gasteiger partial charge in [0.25, 0.3) is 0 Å². The standard InChI is InChI=1S/C16H16N4O/c1-21-15-6-2-4-12-7-8-13(19-16(12)15)10-17-11-14-5-3-9-18-20-14/h2-9,17H,10-11H2,1H3. The van der Waals surface area contributed by atoms with E-state index < -0.39 is 0 Å². The molecule has 1 N–H and O–H groups in total. The number of rotatable bonds is 5. The zero-order valence-electron chi connectivity index (χ0n) is 11.8. The fourth-order valence-electron chi connectivity index (χ4n) is 2.17. The molecule has 106 valence electrons. The normalized spacial score (nSPS) is 10.7. The molecule has 0 saturated heterocycles. The van der Waals surface area contributed by atoms with Crippen LogP contribution in [0.5, 0.6) is 5.75 Å². The second-order valence-corrected chi connectivity index (χ2v) is 4.65. The van der Waals surface area contributed by atoms with Gasteiger partial charge in [-0.15, -0.1) is 0 Å². The molecule has 0 amide bonds. The van der Waals surface area contributed by atoms with Gasteiger partial charge >= 0.3 is 0 Å². The molecule has 0 saturated carbocycles. The van der Waals surface area contributed by atoms with Crippen LogP contribution in [0.15, 0.2) is 48.7 Å². The Morgan fingerprint density at radius 2 is 1.90 bits per heavy atom. The van der Waals surface area contributed by atoms with Crippen LogP contribution in [0.3, 0.4) is 0 Å². The molecule has 0 radical (unpaired) electrons. The summed E-state index contributed by atoms with van der Waals surface area (Å²) >= 11 is 0. The summed E-state index contributed by atoms with van der Waals surface area (Å²) in [5.41, 5.74) is 2.77. The van der Waals surface area contributed by atoms with Crippen LogP contribution in [0.2, 0.25) is 0 Å². The molecule has 0 fully saturated rings. The van der Waals surface area contributed by atoms with Crippen molar-refractivity contribution in [1.82, 2.24) is 20.5 Å². The first-order valence-electron chi connectivity index (χ1n) is 6.77. The molecule has 5 nitrogen and oxygen atoms in total. The van der Waals surface area contributed by atoms with Crippen LogP contribution in [0.1, 0.15) is 11.4 Å². The van der Waals surface area contributed by atoms with Gasteiger partial charge in [-0.25, -0.2) is 4.98 Å². The molecule has 2 heterocycles. The van der Waals surface area contributed by atoms with E-state index in [4.69, 9.17) is 4.74 Å². The molecular weight excluding hydrogens is 264 g/mol. The highest BCUT2D eigenvalue weighted by Gasteiger charge is 2.04. The Bertz CT molecular complexity index is 731. The lowest BCUT2D eigenvalue weighted by Crippen LogP contribution is -2.14. The Labute approximate surface area is 123 Å². The minimum atomic E-state index is 0.666. The van der Waals surface area contributed by atoms with E-state index in [0.29, 0.717) is 13.1 Å². The molecule has 0 aliphatic rings. The number of ether oxygens (including phenoxy) is 1. The van der Waals surface area contributed by atoms with Crippen LogP contribution in [0.25, 0.3) is 10.9 Å². The molecule has 3 rings (SSSR count). The van der Waals surface area contributed by atoms with Gasteiger partial charge in [0.1, 0.15) is 11.3 Å². The zero-order valence-corrected chi connectivity index (χ0v) is 11.8. The summed E-state index contributed by atoms with van der Waals surface area (Å²) in [5.74, 6) is 0.795. The highest BCUT2D eigenvalue weighted by Crippen LogP contribution is 2.23. The highest BCUT2D eigenvalue weighted by molar-refractivity contribution is 5.84. The molecule has 0 spiro atoms. The second-order valence-electron chi connectivity index (χ2n) is 4.65. The lowest BCUT2D eigenvalue weighted by molar-refractivity contribution is 0.418. The van der Waals surface area contributed by atoms with E-state index >= 15 is 0 Å². The van der Waals surface area contributed by atoms with Gasteiger partial charge in [0.15, 0.2) is 0 Å². The maximum absolute atomic E-state index is 5.36. The molecule has 0 bridgehead atoms. The van der Waals surface area contributed by atoms with Crippen LogP contribution >= 0.6 is 0 Å². The third-order valence-corrected chi connectivity index (χ3v) is 3.20. The average Bonchev–Trinajstić information content (AvgIpc) is 2.55. The van der Waals surface area contributed by atoms with E-state index in [1.807, 2.05) is 36.4 Å². The third kappa shape index (κ3) is 3.14. The maximum atomic E-state index is 5.36. The largest absolute Gasteiger partial charge is 0.494 e. The summed E-state index contributed by atoms with van der Waals surface area (Å²) in [6, 6.07) is 13.8. The van der Waals surface area contributed by atoms with Gasteiger partial charge in [0, 0.05) is 24.7 Å². The van der Waals surface area contributed by atoms with E-state index in [1.165, 1.54) is 0 Å². The lowest BCUT2D eigenvalue weighted by atomic mass is 10.2. The molecular formula is C16H16N4O. The molecule has 5 heteroatoms. The van der Waals surface area contributed by atoms with Crippen LogP contribution in [0, 0.1) is 0 Å². The Morgan fingerprint density at radius 3 is 2.71 bits per heavy atom. The summed E-state index contributed by atoms with van der Waals surface area (Å²) in [4.78, 5) is 4.65. The van der Waals surface area contributed by atoms with Crippen molar-refractivity contribution in [3.05, 3.63) is 60.0 Å². The first-order chi connectivity index (χ1) is 10.4. The van der Waals surface area contributed by atoms with Crippen LogP contribution in [0.4, 0.5) is 0 Å². The molecule has 2 aromatic heterocycles. The Kier molecular flexibility index (Phi) is 4.02. The lowest BCUT2D eigenvalue weighted by Gasteiger charge is -2.07. The third-order valence-electron chi connectivity index (χ3n) is 3.20. The Hall–Kier alpha value is -2.53. The monoisotopic (exact) mass is 280 g/mol. The van der Waals surface area contributed by atoms with Crippen molar-refractivity contribution in [2.24, 2.45) is 0 Å². The fraction of sp³-hybridized carbons (Fsp3) is 0.188. The molecule has 1 aromatic carbocycles. The summed E-state index contributed by atoms with van der Waals surface area (Å²) in [5, 5.41) is 12.3. The first-order valence-corrected chi connectivity index (χ1v) is 6.77. The molecule has 0 aliphatic heterocycles. The maximum Gasteiger partial charge on any atom is 0.145 e. The SMILES string of the molecule is COc1cccc2ccc(CNCc3cccnn3)nc12. The van der Waals surface area contributed by atoms with Gasteiger partial charge in [-0.05, 0) is 24.3 Å². The number of benzene rings is 1. The van der Waals surface area contributed by atoms with Gasteiger partial charge in [-0.1, -0.05) is 18.2 Å². The number of methoxy groups -OCH3 is 1. The molecule has 21 heavy (non-hydrogen) atoms. The summed E-state index contributed by atoms with van der Waals surface area (Å²) in [6.45, 7) is 1.34. The van der Waals surface area contributed by atoms with Crippen molar-refractivity contribution in [3.8, 4) is 5.75 Å². The van der Waals surface area contributed by atoms with E-state index in [-0.39, 0.29) is 0 Å². The van der Waals surface area contributed by atoms with Crippen LogP contribution < -0.4 is 10.1 Å². The molecule has 3 aromatic rings. The van der Waals surface area contributed by atoms with E-state index in [1.54, 1.807) is 13.3 Å². The number of fused-ring (bicyclic) bond motifs is 1. The van der Waals surface area contributed by atoms with Gasteiger partial charge in [-0.2, -0.15) is 10.2 Å². The van der Waals surface area contributed by atoms with Crippen molar-refractivity contribution >= 4 is 10.9 Å². The van der Waals surface area contributed by atoms with Crippen molar-refractivity contribution in [3.63, 3.8) is 0 Å². The quantitative estimate of drug-likeness (QED) is 0.777. The smallest absolute Gasteiger partial charge is 0.145 e. The van der Waals surface area contributed by atoms with Gasteiger partial charge in [-0.3, -0.25) is 0 Å². The predicted octanol–water partition coefficient (Wildman–Crippen LogP) is 2.32. The van der Waals surface area contributed by atoms with Crippen molar-refractivity contribution in [2.45, 2.75) is 13.1 Å². The van der Waals surface area contributed by atoms with Crippen LogP contribution in [-0.4, -0.2) is 22.3 Å². The van der Waals surface area contributed by atoms with E-state index in [0.717, 1.165) is 28.0 Å². The molecule has 0 unspecified atom stereocenters. The van der Waals surface area contributed by atoms with Crippen molar-refractivity contribution in [1.29, 1.82) is 0 Å². The Morgan fingerprint density at radius 1 is 1.00 bits per heavy atom. The summed E-state index contributed by atoms with van der Waals surface area (Å²) in [6.07, 6.45) is 1.67. The topological polar surface area (TPSA) is 59.9 Å². The number of aromatic nitrogens is 3. The summed E-state index contributed by atoms with van der Waals surface area (Å²) < 4.78 is 5.36. The number of pyridine rings is 1. The predicted molar refractivity (Wildman–Crippen MR) is 80.9 cm³/mol. The minimum Gasteiger partial charge on any atom is -0.494 e. The summed E-state index contributed by atoms with van der Waals surface area (Å²) in [7, 11) is 1.66. The Balaban J connectivity index is 1.72. The molecule has 0 aliphatic carbocycles. The van der Waals surface area contributed by atoms with Gasteiger partial charge in [0.05, 0.1) is 18.5 Å². The first kappa shape index (κ1) is 13.5. The molecule has 0 atom stereocenters. The minimum absolute atomic E-state index is 0.666.